The van der Waals surface area contributed by atoms with Crippen LogP contribution in [-0.2, 0) is 13.6 Å². The fraction of sp³-hybridized carbons (Fsp3) is 0.364. The van der Waals surface area contributed by atoms with Crippen LogP contribution in [-0.4, -0.2) is 24.2 Å². The Morgan fingerprint density at radius 1 is 1.21 bits per heavy atom. The number of thiocarbonyl (C=S) groups is 1. The van der Waals surface area contributed by atoms with Crippen LogP contribution in [0.4, 0.5) is 25.2 Å². The van der Waals surface area contributed by atoms with Gasteiger partial charge in [0.15, 0.2) is 0 Å². The van der Waals surface area contributed by atoms with Gasteiger partial charge >= 0.3 is 33.0 Å². The number of hydrogen-bond acceptors (Lipinski definition) is 3. The second-order valence-corrected chi connectivity index (χ2v) is 8.36. The number of halogens is 6. The van der Waals surface area contributed by atoms with Gasteiger partial charge in [-0.05, 0) is 6.42 Å². The molecule has 13 heteroatoms. The van der Waals surface area contributed by atoms with Gasteiger partial charge in [0.25, 0.3) is 0 Å². The van der Waals surface area contributed by atoms with Gasteiger partial charge in [-0.3, -0.25) is 4.57 Å². The summed E-state index contributed by atoms with van der Waals surface area (Å²) in [6.45, 7) is 1.03. The Balaban J connectivity index is 0.000000351. The minimum absolute atomic E-state index is 0.862. The molecule has 0 aliphatic carbocycles. The number of aryl methyl sites for hydroxylation is 2. The van der Waals surface area contributed by atoms with Crippen molar-refractivity contribution in [2.45, 2.75) is 13.0 Å². The molecular formula is C11H15F6N4PS2. The molecule has 2 rings (SSSR count). The van der Waals surface area contributed by atoms with Crippen molar-refractivity contribution >= 4 is 36.1 Å². The molecule has 0 amide bonds. The third-order valence-electron chi connectivity index (χ3n) is 2.33. The van der Waals surface area contributed by atoms with Crippen molar-refractivity contribution in [1.82, 2.24) is 14.1 Å². The van der Waals surface area contributed by atoms with Crippen LogP contribution in [0.15, 0.2) is 37.4 Å². The average molecular weight is 412 g/mol. The van der Waals surface area contributed by atoms with Crippen molar-refractivity contribution in [2.75, 3.05) is 5.75 Å². The second-order valence-electron chi connectivity index (χ2n) is 4.71. The van der Waals surface area contributed by atoms with Gasteiger partial charge < -0.3 is 0 Å². The Bertz CT molecular complexity index is 657. The van der Waals surface area contributed by atoms with Crippen molar-refractivity contribution < 1.29 is 29.7 Å². The van der Waals surface area contributed by atoms with Crippen LogP contribution >= 0.6 is 31.8 Å². The van der Waals surface area contributed by atoms with Crippen molar-refractivity contribution in [2.24, 2.45) is 7.05 Å². The Morgan fingerprint density at radius 3 is 2.29 bits per heavy atom. The molecule has 2 aromatic rings. The van der Waals surface area contributed by atoms with E-state index in [1.54, 1.807) is 24.3 Å². The zero-order valence-electron chi connectivity index (χ0n) is 12.4. The summed E-state index contributed by atoms with van der Waals surface area (Å²) in [6.07, 6.45) is 12.7. The summed E-state index contributed by atoms with van der Waals surface area (Å²) in [5.41, 5.74) is 0. The number of thioether (sulfide) groups is 1. The maximum atomic E-state index is 9.87. The molecule has 0 aliphatic rings. The van der Waals surface area contributed by atoms with E-state index in [-0.39, 0.29) is 0 Å². The van der Waals surface area contributed by atoms with Gasteiger partial charge in [-0.15, -0.1) is 0 Å². The standard InChI is InChI=1S/C11H15N4S2.F6P/c1-13-6-7-14(10-13)4-2-8-17-11(16)15-5-3-12-9-15;1-7(2,3,4,5)6/h3,5-7,9-10H,2,4,8H2,1H3;/q+1;-1. The van der Waals surface area contributed by atoms with Gasteiger partial charge in [-0.1, -0.05) is 24.0 Å². The normalized spacial score (nSPS) is 14.3. The van der Waals surface area contributed by atoms with Crippen LogP contribution in [0.1, 0.15) is 6.42 Å². The van der Waals surface area contributed by atoms with Crippen LogP contribution in [0, 0.1) is 0 Å². The molecule has 0 spiro atoms. The van der Waals surface area contributed by atoms with E-state index in [4.69, 9.17) is 12.2 Å². The fourth-order valence-corrected chi connectivity index (χ4v) is 2.55. The molecule has 0 unspecified atom stereocenters. The summed E-state index contributed by atoms with van der Waals surface area (Å²) in [7, 11) is -8.63. The SMILES string of the molecule is C[n+]1ccn(CCCSC(=S)n2ccnc2)c1.F[P-](F)(F)(F)(F)F. The molecule has 0 radical (unpaired) electrons. The fourth-order valence-electron chi connectivity index (χ4n) is 1.48. The van der Waals surface area contributed by atoms with Gasteiger partial charge in [0.2, 0.25) is 6.33 Å². The van der Waals surface area contributed by atoms with E-state index in [2.05, 4.69) is 22.1 Å². The molecule has 0 bridgehead atoms. The number of nitrogens with zero attached hydrogens (tertiary/aromatic N) is 4. The Hall–Kier alpha value is -1.13. The third-order valence-corrected chi connectivity index (χ3v) is 3.84. The Labute approximate surface area is 143 Å². The molecule has 0 fully saturated rings. The minimum atomic E-state index is -10.7. The predicted molar refractivity (Wildman–Crippen MR) is 86.5 cm³/mol. The molecule has 2 heterocycles. The van der Waals surface area contributed by atoms with E-state index in [0.717, 1.165) is 23.0 Å². The van der Waals surface area contributed by atoms with Crippen molar-refractivity contribution in [3.63, 3.8) is 0 Å². The van der Waals surface area contributed by atoms with Crippen molar-refractivity contribution in [3.8, 4) is 0 Å². The van der Waals surface area contributed by atoms with Crippen LogP contribution in [0.2, 0.25) is 0 Å². The quantitative estimate of drug-likeness (QED) is 0.236. The molecule has 0 saturated carbocycles. The van der Waals surface area contributed by atoms with Gasteiger partial charge in [0.1, 0.15) is 23.0 Å². The first kappa shape index (κ1) is 20.9. The molecule has 2 aromatic heterocycles. The van der Waals surface area contributed by atoms with Gasteiger partial charge in [-0.25, -0.2) is 14.1 Å². The predicted octanol–water partition coefficient (Wildman–Crippen LogP) is 4.85. The third kappa shape index (κ3) is 12.3. The molecule has 24 heavy (non-hydrogen) atoms. The molecular weight excluding hydrogens is 397 g/mol. The monoisotopic (exact) mass is 412 g/mol. The topological polar surface area (TPSA) is 26.6 Å². The van der Waals surface area contributed by atoms with Crippen molar-refractivity contribution in [1.29, 1.82) is 0 Å². The van der Waals surface area contributed by atoms with E-state index in [0.29, 0.717) is 0 Å². The Kier molecular flexibility index (Phi) is 6.11. The first-order chi connectivity index (χ1) is 10.7. The zero-order valence-corrected chi connectivity index (χ0v) is 14.9. The van der Waals surface area contributed by atoms with Crippen LogP contribution < -0.4 is 4.57 Å². The van der Waals surface area contributed by atoms with Crippen LogP contribution in [0.5, 0.6) is 0 Å². The summed E-state index contributed by atoms with van der Waals surface area (Å²) in [6, 6.07) is 0. The second kappa shape index (κ2) is 7.01. The van der Waals surface area contributed by atoms with E-state index in [1.807, 2.05) is 28.6 Å². The molecule has 0 aromatic carbocycles. The summed E-state index contributed by atoms with van der Waals surface area (Å²) in [5.74, 6) is 1.03. The zero-order chi connectivity index (χ0) is 18.5. The Morgan fingerprint density at radius 2 is 1.83 bits per heavy atom. The molecule has 0 saturated heterocycles. The summed E-state index contributed by atoms with van der Waals surface area (Å²) in [4.78, 5) is 3.98. The van der Waals surface area contributed by atoms with E-state index < -0.39 is 7.81 Å². The summed E-state index contributed by atoms with van der Waals surface area (Å²) in [5, 5.41) is 0. The molecule has 0 aliphatic heterocycles. The molecule has 138 valence electrons. The number of rotatable bonds is 4. The van der Waals surface area contributed by atoms with Crippen LogP contribution in [0.3, 0.4) is 0 Å². The number of hydrogen-bond donors (Lipinski definition) is 0. The molecule has 0 atom stereocenters. The maximum absolute atomic E-state index is 10.7. The average Bonchev–Trinajstić information content (AvgIpc) is 3.01. The number of imidazole rings is 2. The summed E-state index contributed by atoms with van der Waals surface area (Å²) >= 11 is 6.98. The number of aromatic nitrogens is 4. The van der Waals surface area contributed by atoms with Gasteiger partial charge in [-0.2, -0.15) is 0 Å². The first-order valence-electron chi connectivity index (χ1n) is 6.43. The summed E-state index contributed by atoms with van der Waals surface area (Å²) < 4.78 is 66.2. The van der Waals surface area contributed by atoms with Crippen LogP contribution in [0.25, 0.3) is 0 Å². The molecule has 0 N–H and O–H groups in total. The van der Waals surface area contributed by atoms with Crippen molar-refractivity contribution in [3.05, 3.63) is 37.4 Å². The molecule has 4 nitrogen and oxygen atoms in total. The van der Waals surface area contributed by atoms with E-state index in [9.17, 15) is 25.2 Å². The van der Waals surface area contributed by atoms with E-state index >= 15 is 0 Å². The first-order valence-corrected chi connectivity index (χ1v) is 9.85. The van der Waals surface area contributed by atoms with Gasteiger partial charge in [0, 0.05) is 18.1 Å². The van der Waals surface area contributed by atoms with Gasteiger partial charge in [0.05, 0.1) is 13.6 Å². The van der Waals surface area contributed by atoms with E-state index in [1.165, 1.54) is 0 Å².